The first-order valence-electron chi connectivity index (χ1n) is 13.4. The van der Waals surface area contributed by atoms with Crippen LogP contribution in [0.15, 0.2) is 18.2 Å². The van der Waals surface area contributed by atoms with Crippen LogP contribution >= 0.6 is 11.1 Å². The first-order valence-corrected chi connectivity index (χ1v) is 17.6. The van der Waals surface area contributed by atoms with Crippen molar-refractivity contribution >= 4 is 36.0 Å². The Morgan fingerprint density at radius 1 is 0.972 bits per heavy atom. The maximum Gasteiger partial charge on any atom is 0.312 e. The molecule has 0 aliphatic rings. The standard InChI is InChI=1S/C26H44ClN3O5Si/c1-36(2,27)20-14-10-6-4-3-5-7-11-15-25(31)35-24-17-16-22(21-23(24)30(33)34)26(32)29-19-13-9-8-12-18-28/h16-17,21H,3-15,18-20,28H2,1-2H3,(H,29,32)/p+1. The van der Waals surface area contributed by atoms with Gasteiger partial charge in [0.15, 0.2) is 0 Å². The molecule has 0 aliphatic carbocycles. The average Bonchev–Trinajstić information content (AvgIpc) is 2.81. The Morgan fingerprint density at radius 3 is 2.17 bits per heavy atom. The molecule has 4 N–H and O–H groups in total. The Kier molecular flexibility index (Phi) is 16.3. The van der Waals surface area contributed by atoms with Gasteiger partial charge in [-0.3, -0.25) is 19.7 Å². The predicted octanol–water partition coefficient (Wildman–Crippen LogP) is 5.99. The Bertz CT molecular complexity index is 817. The molecule has 0 spiro atoms. The molecule has 8 nitrogen and oxygen atoms in total. The van der Waals surface area contributed by atoms with Gasteiger partial charge in [-0.1, -0.05) is 64.5 Å². The molecule has 0 aliphatic heterocycles. The fourth-order valence-electron chi connectivity index (χ4n) is 3.90. The van der Waals surface area contributed by atoms with Crippen LogP contribution in [0.3, 0.4) is 0 Å². The number of hydrogen-bond acceptors (Lipinski definition) is 5. The van der Waals surface area contributed by atoms with Crippen molar-refractivity contribution in [2.24, 2.45) is 0 Å². The zero-order valence-corrected chi connectivity index (χ0v) is 23.9. The lowest BCUT2D eigenvalue weighted by atomic mass is 10.1. The topological polar surface area (TPSA) is 126 Å². The highest BCUT2D eigenvalue weighted by Crippen LogP contribution is 2.28. The number of carbonyl (C=O) groups is 2. The van der Waals surface area contributed by atoms with Gasteiger partial charge in [0, 0.05) is 24.6 Å². The van der Waals surface area contributed by atoms with Gasteiger partial charge in [0.25, 0.3) is 5.91 Å². The summed E-state index contributed by atoms with van der Waals surface area (Å²) < 4.78 is 5.25. The summed E-state index contributed by atoms with van der Waals surface area (Å²) in [5.74, 6) is -0.999. The Morgan fingerprint density at radius 2 is 1.56 bits per heavy atom. The Labute approximate surface area is 221 Å². The van der Waals surface area contributed by atoms with E-state index in [1.807, 2.05) is 0 Å². The summed E-state index contributed by atoms with van der Waals surface area (Å²) >= 11 is 6.33. The van der Waals surface area contributed by atoms with Gasteiger partial charge in [-0.2, -0.15) is 11.1 Å². The van der Waals surface area contributed by atoms with Gasteiger partial charge >= 0.3 is 11.7 Å². The van der Waals surface area contributed by atoms with Crippen molar-refractivity contribution in [3.05, 3.63) is 33.9 Å². The minimum absolute atomic E-state index is 0.127. The molecule has 0 atom stereocenters. The second kappa shape index (κ2) is 18.3. The number of nitrogens with one attached hydrogen (secondary N) is 1. The number of halogens is 1. The fourth-order valence-corrected chi connectivity index (χ4v) is 5.39. The van der Waals surface area contributed by atoms with Crippen molar-refractivity contribution in [3.63, 3.8) is 0 Å². The molecule has 36 heavy (non-hydrogen) atoms. The molecule has 0 saturated heterocycles. The lowest BCUT2D eigenvalue weighted by Crippen LogP contribution is -2.50. The van der Waals surface area contributed by atoms with Crippen molar-refractivity contribution in [2.75, 3.05) is 13.1 Å². The first kappa shape index (κ1) is 32.1. The Hall–Kier alpha value is -1.97. The highest BCUT2D eigenvalue weighted by atomic mass is 35.6. The smallest absolute Gasteiger partial charge is 0.312 e. The quantitative estimate of drug-likeness (QED) is 0.0398. The SMILES string of the molecule is C[Si](C)(Cl)CCCCCCCCCCC(=O)Oc1ccc(C(=O)NCCCCCC[NH3+])cc1[N+](=O)[O-]. The minimum Gasteiger partial charge on any atom is -0.419 e. The van der Waals surface area contributed by atoms with Crippen LogP contribution in [0.5, 0.6) is 5.75 Å². The average molecular weight is 543 g/mol. The van der Waals surface area contributed by atoms with E-state index in [1.165, 1.54) is 43.9 Å². The number of hydrogen-bond donors (Lipinski definition) is 2. The van der Waals surface area contributed by atoms with Gasteiger partial charge < -0.3 is 15.8 Å². The third-order valence-corrected chi connectivity index (χ3v) is 8.12. The van der Waals surface area contributed by atoms with E-state index >= 15 is 0 Å². The molecule has 10 heteroatoms. The summed E-state index contributed by atoms with van der Waals surface area (Å²) in [6.45, 7) is 5.78. The van der Waals surface area contributed by atoms with E-state index in [4.69, 9.17) is 15.8 Å². The van der Waals surface area contributed by atoms with E-state index in [0.717, 1.165) is 57.6 Å². The van der Waals surface area contributed by atoms with Crippen molar-refractivity contribution in [1.82, 2.24) is 5.32 Å². The number of rotatable bonds is 20. The zero-order valence-electron chi connectivity index (χ0n) is 22.1. The van der Waals surface area contributed by atoms with Gasteiger partial charge in [0.05, 0.1) is 11.5 Å². The lowest BCUT2D eigenvalue weighted by molar-refractivity contribution is -0.385. The molecule has 0 heterocycles. The van der Waals surface area contributed by atoms with Crippen molar-refractivity contribution in [3.8, 4) is 5.75 Å². The zero-order chi connectivity index (χ0) is 26.8. The summed E-state index contributed by atoms with van der Waals surface area (Å²) in [7, 11) is -1.44. The Balaban J connectivity index is 2.34. The predicted molar refractivity (Wildman–Crippen MR) is 147 cm³/mol. The number of ether oxygens (including phenoxy) is 1. The summed E-state index contributed by atoms with van der Waals surface area (Å²) in [5, 5.41) is 14.3. The number of benzene rings is 1. The van der Waals surface area contributed by atoms with Crippen molar-refractivity contribution < 1.29 is 25.0 Å². The van der Waals surface area contributed by atoms with E-state index < -0.39 is 18.3 Å². The van der Waals surface area contributed by atoms with Crippen LogP contribution in [-0.2, 0) is 4.79 Å². The van der Waals surface area contributed by atoms with Crippen molar-refractivity contribution in [2.45, 2.75) is 103 Å². The van der Waals surface area contributed by atoms with Crippen LogP contribution in [0.1, 0.15) is 93.8 Å². The molecule has 0 unspecified atom stereocenters. The first-order chi connectivity index (χ1) is 17.1. The number of quaternary nitrogens is 1. The number of unbranched alkanes of at least 4 members (excludes halogenated alkanes) is 10. The third kappa shape index (κ3) is 15.2. The molecule has 1 aromatic carbocycles. The van der Waals surface area contributed by atoms with Gasteiger partial charge in [0.1, 0.15) is 7.38 Å². The molecule has 204 valence electrons. The molecular weight excluding hydrogens is 498 g/mol. The van der Waals surface area contributed by atoms with E-state index in [0.29, 0.717) is 13.0 Å². The third-order valence-electron chi connectivity index (χ3n) is 6.01. The summed E-state index contributed by atoms with van der Waals surface area (Å²) in [4.78, 5) is 35.4. The van der Waals surface area contributed by atoms with E-state index in [9.17, 15) is 19.7 Å². The lowest BCUT2D eigenvalue weighted by Gasteiger charge is -2.11. The minimum atomic E-state index is -1.44. The van der Waals surface area contributed by atoms with Crippen LogP contribution < -0.4 is 15.8 Å². The summed E-state index contributed by atoms with van der Waals surface area (Å²) in [6, 6.07) is 5.11. The molecular formula is C26H45ClN3O5Si+. The van der Waals surface area contributed by atoms with E-state index in [-0.39, 0.29) is 29.3 Å². The van der Waals surface area contributed by atoms with Crippen LogP contribution in [0.2, 0.25) is 19.1 Å². The molecule has 0 saturated carbocycles. The fraction of sp³-hybridized carbons (Fsp3) is 0.692. The summed E-state index contributed by atoms with van der Waals surface area (Å²) in [6.07, 6.45) is 12.9. The highest BCUT2D eigenvalue weighted by molar-refractivity contribution is 7.19. The number of carbonyl (C=O) groups excluding carboxylic acids is 2. The number of amides is 1. The molecule has 1 rings (SSSR count). The van der Waals surface area contributed by atoms with E-state index in [1.54, 1.807) is 0 Å². The van der Waals surface area contributed by atoms with Gasteiger partial charge in [-0.05, 0) is 43.9 Å². The monoisotopic (exact) mass is 542 g/mol. The highest BCUT2D eigenvalue weighted by Gasteiger charge is 2.21. The molecule has 0 radical (unpaired) electrons. The molecule has 0 aromatic heterocycles. The molecule has 1 amide bonds. The molecule has 0 bridgehead atoms. The second-order valence-electron chi connectivity index (χ2n) is 9.98. The van der Waals surface area contributed by atoms with Crippen molar-refractivity contribution in [1.29, 1.82) is 0 Å². The number of nitro groups is 1. The largest absolute Gasteiger partial charge is 0.419 e. The summed E-state index contributed by atoms with van der Waals surface area (Å²) in [5.41, 5.74) is 3.59. The number of esters is 1. The van der Waals surface area contributed by atoms with E-state index in [2.05, 4.69) is 24.1 Å². The molecule has 1 aromatic rings. The maximum atomic E-state index is 12.3. The van der Waals surface area contributed by atoms with Crippen LogP contribution in [0.25, 0.3) is 0 Å². The van der Waals surface area contributed by atoms with Crippen LogP contribution in [0, 0.1) is 10.1 Å². The molecule has 0 fully saturated rings. The number of nitrogens with zero attached hydrogens (tertiary/aromatic N) is 1. The van der Waals surface area contributed by atoms with Gasteiger partial charge in [0.2, 0.25) is 5.75 Å². The van der Waals surface area contributed by atoms with Gasteiger partial charge in [-0.15, -0.1) is 0 Å². The van der Waals surface area contributed by atoms with Crippen LogP contribution in [-0.4, -0.2) is 37.3 Å². The maximum absolute atomic E-state index is 12.3. The van der Waals surface area contributed by atoms with Gasteiger partial charge in [-0.25, -0.2) is 0 Å². The second-order valence-corrected chi connectivity index (χ2v) is 17.0. The van der Waals surface area contributed by atoms with Crippen LogP contribution in [0.4, 0.5) is 5.69 Å². The normalized spacial score (nSPS) is 11.3. The number of nitro benzene ring substituents is 1.